The highest BCUT2D eigenvalue weighted by Gasteiger charge is 2.11. The molecule has 0 spiro atoms. The van der Waals surface area contributed by atoms with Crippen LogP contribution in [-0.2, 0) is 6.61 Å². The average molecular weight is 461 g/mol. The average Bonchev–Trinajstić information content (AvgIpc) is 2.74. The van der Waals surface area contributed by atoms with Crippen LogP contribution in [0.2, 0.25) is 10.0 Å². The number of hydrogen-bond acceptors (Lipinski definition) is 7. The number of hydrogen-bond donors (Lipinski definition) is 1. The normalized spacial score (nSPS) is 10.8. The Labute approximate surface area is 186 Å². The van der Waals surface area contributed by atoms with Crippen molar-refractivity contribution >= 4 is 46.5 Å². The second-order valence-electron chi connectivity index (χ2n) is 6.20. The Hall–Kier alpha value is -3.69. The molecule has 0 fully saturated rings. The van der Waals surface area contributed by atoms with Crippen molar-refractivity contribution in [2.75, 3.05) is 5.43 Å². The van der Waals surface area contributed by atoms with Crippen molar-refractivity contribution in [2.24, 2.45) is 5.10 Å². The van der Waals surface area contributed by atoms with Gasteiger partial charge >= 0.3 is 0 Å². The molecule has 0 aromatic heterocycles. The van der Waals surface area contributed by atoms with Gasteiger partial charge in [-0.25, -0.2) is 0 Å². The first-order chi connectivity index (χ1) is 14.8. The van der Waals surface area contributed by atoms with E-state index in [1.54, 1.807) is 24.3 Å². The van der Waals surface area contributed by atoms with E-state index in [1.165, 1.54) is 42.6 Å². The second kappa shape index (κ2) is 9.88. The molecule has 1 N–H and O–H groups in total. The molecule has 11 heteroatoms. The Morgan fingerprint density at radius 2 is 1.42 bits per heavy atom. The standard InChI is InChI=1S/C20H14Cl2N4O5/c21-18-9-14(11-23-24-15-3-7-17(8-4-15)26(29)30)10-19(22)20(18)31-12-13-1-5-16(6-2-13)25(27)28/h1-11,24H,12H2/b23-11+. The summed E-state index contributed by atoms with van der Waals surface area (Å²) in [5.41, 5.74) is 4.62. The number of nitro groups is 2. The van der Waals surface area contributed by atoms with E-state index in [0.29, 0.717) is 11.3 Å². The maximum absolute atomic E-state index is 10.7. The lowest BCUT2D eigenvalue weighted by atomic mass is 10.2. The molecule has 0 unspecified atom stereocenters. The van der Waals surface area contributed by atoms with Crippen molar-refractivity contribution in [2.45, 2.75) is 6.61 Å². The van der Waals surface area contributed by atoms with E-state index in [1.807, 2.05) is 0 Å². The molecule has 31 heavy (non-hydrogen) atoms. The largest absolute Gasteiger partial charge is 0.486 e. The van der Waals surface area contributed by atoms with Gasteiger partial charge in [0.05, 0.1) is 31.8 Å². The number of halogens is 2. The van der Waals surface area contributed by atoms with E-state index in [4.69, 9.17) is 27.9 Å². The summed E-state index contributed by atoms with van der Waals surface area (Å²) in [6.07, 6.45) is 1.49. The van der Waals surface area contributed by atoms with Crippen molar-refractivity contribution in [1.29, 1.82) is 0 Å². The van der Waals surface area contributed by atoms with Gasteiger partial charge in [-0.3, -0.25) is 25.7 Å². The van der Waals surface area contributed by atoms with Gasteiger partial charge < -0.3 is 4.74 Å². The van der Waals surface area contributed by atoms with Gasteiger partial charge in [0.2, 0.25) is 0 Å². The highest BCUT2D eigenvalue weighted by Crippen LogP contribution is 2.34. The van der Waals surface area contributed by atoms with E-state index >= 15 is 0 Å². The molecule has 0 aliphatic carbocycles. The van der Waals surface area contributed by atoms with Gasteiger partial charge in [-0.1, -0.05) is 23.2 Å². The fourth-order valence-corrected chi connectivity index (χ4v) is 3.11. The highest BCUT2D eigenvalue weighted by atomic mass is 35.5. The molecule has 0 aliphatic rings. The molecule has 0 heterocycles. The third kappa shape index (κ3) is 5.91. The minimum atomic E-state index is -0.484. The molecule has 0 amide bonds. The highest BCUT2D eigenvalue weighted by molar-refractivity contribution is 6.37. The van der Waals surface area contributed by atoms with Gasteiger partial charge in [-0.05, 0) is 47.5 Å². The maximum atomic E-state index is 10.7. The third-order valence-corrected chi connectivity index (χ3v) is 4.60. The van der Waals surface area contributed by atoms with E-state index in [-0.39, 0.29) is 33.8 Å². The quantitative estimate of drug-likeness (QED) is 0.256. The van der Waals surface area contributed by atoms with Crippen LogP contribution < -0.4 is 10.2 Å². The van der Waals surface area contributed by atoms with Crippen LogP contribution >= 0.6 is 23.2 Å². The first-order valence-electron chi connectivity index (χ1n) is 8.72. The minimum Gasteiger partial charge on any atom is -0.486 e. The molecule has 0 radical (unpaired) electrons. The third-order valence-electron chi connectivity index (χ3n) is 4.04. The van der Waals surface area contributed by atoms with Gasteiger partial charge in [0.1, 0.15) is 6.61 Å². The van der Waals surface area contributed by atoms with Crippen LogP contribution in [-0.4, -0.2) is 16.1 Å². The zero-order valence-electron chi connectivity index (χ0n) is 15.7. The molecule has 0 bridgehead atoms. The molecule has 0 saturated heterocycles. The number of anilines is 1. The number of nitro benzene ring substituents is 2. The molecule has 0 atom stereocenters. The smallest absolute Gasteiger partial charge is 0.269 e. The van der Waals surface area contributed by atoms with Gasteiger partial charge in [0.15, 0.2) is 5.75 Å². The molecule has 0 saturated carbocycles. The van der Waals surface area contributed by atoms with E-state index in [2.05, 4.69) is 10.5 Å². The number of hydrazone groups is 1. The Bertz CT molecular complexity index is 1110. The summed E-state index contributed by atoms with van der Waals surface area (Å²) in [7, 11) is 0. The SMILES string of the molecule is O=[N+]([O-])c1ccc(COc2c(Cl)cc(/C=N/Nc3ccc([N+](=O)[O-])cc3)cc2Cl)cc1. The molecule has 158 valence electrons. The Kier molecular flexibility index (Phi) is 7.01. The van der Waals surface area contributed by atoms with Crippen LogP contribution in [0.5, 0.6) is 5.75 Å². The fraction of sp³-hybridized carbons (Fsp3) is 0.0500. The number of nitrogens with one attached hydrogen (secondary N) is 1. The van der Waals surface area contributed by atoms with Gasteiger partial charge in [0.25, 0.3) is 11.4 Å². The summed E-state index contributed by atoms with van der Waals surface area (Å²) in [4.78, 5) is 20.4. The van der Waals surface area contributed by atoms with E-state index in [9.17, 15) is 20.2 Å². The van der Waals surface area contributed by atoms with Gasteiger partial charge in [-0.15, -0.1) is 0 Å². The Morgan fingerprint density at radius 1 is 0.903 bits per heavy atom. The predicted octanol–water partition coefficient (Wildman–Crippen LogP) is 5.83. The lowest BCUT2D eigenvalue weighted by Gasteiger charge is -2.11. The lowest BCUT2D eigenvalue weighted by molar-refractivity contribution is -0.385. The van der Waals surface area contributed by atoms with Crippen LogP contribution in [0.25, 0.3) is 0 Å². The summed E-state index contributed by atoms with van der Waals surface area (Å²) >= 11 is 12.5. The van der Waals surface area contributed by atoms with Gasteiger partial charge in [0, 0.05) is 24.3 Å². The van der Waals surface area contributed by atoms with Crippen LogP contribution in [0.15, 0.2) is 65.8 Å². The number of nitrogens with zero attached hydrogens (tertiary/aromatic N) is 3. The van der Waals surface area contributed by atoms with Crippen molar-refractivity contribution in [1.82, 2.24) is 0 Å². The van der Waals surface area contributed by atoms with Gasteiger partial charge in [-0.2, -0.15) is 5.10 Å². The van der Waals surface area contributed by atoms with Crippen LogP contribution in [0.1, 0.15) is 11.1 Å². The molecular formula is C20H14Cl2N4O5. The molecule has 0 aliphatic heterocycles. The van der Waals surface area contributed by atoms with Crippen molar-refractivity contribution in [3.63, 3.8) is 0 Å². The molecule has 3 aromatic carbocycles. The molecule has 3 rings (SSSR count). The minimum absolute atomic E-state index is 0.00853. The van der Waals surface area contributed by atoms with Crippen molar-refractivity contribution in [3.05, 3.63) is 102 Å². The van der Waals surface area contributed by atoms with Crippen molar-refractivity contribution < 1.29 is 14.6 Å². The first-order valence-corrected chi connectivity index (χ1v) is 9.48. The number of rotatable bonds is 8. The number of benzene rings is 3. The lowest BCUT2D eigenvalue weighted by Crippen LogP contribution is -1.98. The monoisotopic (exact) mass is 460 g/mol. The zero-order valence-corrected chi connectivity index (χ0v) is 17.2. The summed E-state index contributed by atoms with van der Waals surface area (Å²) in [6.45, 7) is 0.132. The van der Waals surface area contributed by atoms with Crippen LogP contribution in [0.3, 0.4) is 0 Å². The molecule has 9 nitrogen and oxygen atoms in total. The van der Waals surface area contributed by atoms with Crippen LogP contribution in [0.4, 0.5) is 17.1 Å². The topological polar surface area (TPSA) is 120 Å². The summed E-state index contributed by atoms with van der Waals surface area (Å²) < 4.78 is 5.66. The predicted molar refractivity (Wildman–Crippen MR) is 118 cm³/mol. The molecular weight excluding hydrogens is 447 g/mol. The number of ether oxygens (including phenoxy) is 1. The van der Waals surface area contributed by atoms with Crippen LogP contribution in [0, 0.1) is 20.2 Å². The first kappa shape index (κ1) is 22.0. The fourth-order valence-electron chi connectivity index (χ4n) is 2.50. The summed E-state index contributed by atoms with van der Waals surface area (Å²) in [5, 5.41) is 26.0. The van der Waals surface area contributed by atoms with E-state index in [0.717, 1.165) is 5.56 Å². The Morgan fingerprint density at radius 3 is 1.94 bits per heavy atom. The summed E-state index contributed by atoms with van der Waals surface area (Å²) in [6, 6.07) is 15.0. The zero-order chi connectivity index (χ0) is 22.4. The second-order valence-corrected chi connectivity index (χ2v) is 7.01. The number of non-ortho nitro benzene ring substituents is 2. The van der Waals surface area contributed by atoms with Crippen molar-refractivity contribution in [3.8, 4) is 5.75 Å². The van der Waals surface area contributed by atoms with E-state index < -0.39 is 9.85 Å². The molecule has 3 aromatic rings. The summed E-state index contributed by atoms with van der Waals surface area (Å²) in [5.74, 6) is 0.280. The Balaban J connectivity index is 1.63. The maximum Gasteiger partial charge on any atom is 0.269 e.